The van der Waals surface area contributed by atoms with Crippen molar-refractivity contribution in [2.24, 2.45) is 7.05 Å². The Kier molecular flexibility index (Phi) is 5.69. The van der Waals surface area contributed by atoms with Gasteiger partial charge in [-0.2, -0.15) is 26.3 Å². The topological polar surface area (TPSA) is 47.8 Å². The molecule has 0 saturated heterocycles. The Balaban J connectivity index is 2.08. The summed E-state index contributed by atoms with van der Waals surface area (Å²) in [6.45, 7) is 0. The first-order chi connectivity index (χ1) is 14.0. The Morgan fingerprint density at radius 2 is 1.63 bits per heavy atom. The van der Waals surface area contributed by atoms with Crippen LogP contribution >= 0.6 is 0 Å². The number of aryl methyl sites for hydroxylation is 1. The van der Waals surface area contributed by atoms with E-state index in [0.717, 1.165) is 42.6 Å². The van der Waals surface area contributed by atoms with Crippen LogP contribution in [0, 0.1) is 0 Å². The normalized spacial score (nSPS) is 13.3. The van der Waals surface area contributed by atoms with Gasteiger partial charge < -0.3 is 4.57 Å². The number of aromatic nitrogens is 3. The van der Waals surface area contributed by atoms with Crippen molar-refractivity contribution in [1.82, 2.24) is 14.5 Å². The summed E-state index contributed by atoms with van der Waals surface area (Å²) >= 11 is 0. The minimum absolute atomic E-state index is 0.0244. The molecular formula is C20H15F6N3O. The number of hydrogen-bond donors (Lipinski definition) is 0. The number of pyridine rings is 1. The van der Waals surface area contributed by atoms with E-state index < -0.39 is 47.3 Å². The monoisotopic (exact) mass is 427 g/mol. The number of carbonyl (C=O) groups excluding carboxylic acids is 1. The fourth-order valence-electron chi connectivity index (χ4n) is 3.12. The van der Waals surface area contributed by atoms with Crippen molar-refractivity contribution in [1.29, 1.82) is 0 Å². The second-order valence-corrected chi connectivity index (χ2v) is 6.60. The average molecular weight is 427 g/mol. The van der Waals surface area contributed by atoms with Gasteiger partial charge in [-0.3, -0.25) is 9.78 Å². The molecule has 0 aliphatic carbocycles. The van der Waals surface area contributed by atoms with Crippen molar-refractivity contribution < 1.29 is 31.1 Å². The molecule has 0 amide bonds. The van der Waals surface area contributed by atoms with Crippen molar-refractivity contribution in [2.75, 3.05) is 0 Å². The lowest BCUT2D eigenvalue weighted by Crippen LogP contribution is -2.18. The SMILES string of the molecule is Cn1ccnc1C(=O)C[C@@H](c1ccc(C(F)(F)F)cc1)c1ncccc1C(F)(F)F. The van der Waals surface area contributed by atoms with E-state index in [1.54, 1.807) is 7.05 Å². The highest BCUT2D eigenvalue weighted by Crippen LogP contribution is 2.39. The number of ketones is 1. The summed E-state index contributed by atoms with van der Waals surface area (Å²) < 4.78 is 80.6. The first-order valence-electron chi connectivity index (χ1n) is 8.68. The molecule has 1 aromatic carbocycles. The van der Waals surface area contributed by atoms with E-state index >= 15 is 0 Å². The highest BCUT2D eigenvalue weighted by Gasteiger charge is 2.37. The predicted octanol–water partition coefficient (Wildman–Crippen LogP) is 5.26. The van der Waals surface area contributed by atoms with Crippen molar-refractivity contribution in [2.45, 2.75) is 24.7 Å². The number of alkyl halides is 6. The van der Waals surface area contributed by atoms with Crippen LogP contribution in [0.25, 0.3) is 0 Å². The van der Waals surface area contributed by atoms with Gasteiger partial charge in [-0.25, -0.2) is 4.98 Å². The third kappa shape index (κ3) is 4.52. The highest BCUT2D eigenvalue weighted by molar-refractivity contribution is 5.93. The largest absolute Gasteiger partial charge is 0.418 e. The molecule has 0 spiro atoms. The van der Waals surface area contributed by atoms with Crippen molar-refractivity contribution in [3.63, 3.8) is 0 Å². The van der Waals surface area contributed by atoms with Crippen LogP contribution in [0.3, 0.4) is 0 Å². The first kappa shape index (κ1) is 21.5. The lowest BCUT2D eigenvalue weighted by molar-refractivity contribution is -0.139. The molecule has 3 rings (SSSR count). The molecule has 3 aromatic rings. The minimum Gasteiger partial charge on any atom is -0.332 e. The summed E-state index contributed by atoms with van der Waals surface area (Å²) in [7, 11) is 1.55. The molecule has 0 saturated carbocycles. The van der Waals surface area contributed by atoms with Gasteiger partial charge in [0.2, 0.25) is 0 Å². The van der Waals surface area contributed by atoms with Crippen LogP contribution < -0.4 is 0 Å². The first-order valence-corrected chi connectivity index (χ1v) is 8.68. The third-order valence-electron chi connectivity index (χ3n) is 4.57. The predicted molar refractivity (Wildman–Crippen MR) is 94.7 cm³/mol. The zero-order chi connectivity index (χ0) is 22.1. The van der Waals surface area contributed by atoms with Crippen LogP contribution in [0.15, 0.2) is 55.0 Å². The van der Waals surface area contributed by atoms with Crippen LogP contribution in [0.1, 0.15) is 45.3 Å². The quantitative estimate of drug-likeness (QED) is 0.412. The van der Waals surface area contributed by atoms with Gasteiger partial charge in [0.1, 0.15) is 0 Å². The van der Waals surface area contributed by atoms with E-state index in [1.165, 1.54) is 17.0 Å². The lowest BCUT2D eigenvalue weighted by atomic mass is 9.87. The number of Topliss-reactive ketones (excluding diaryl/α,β-unsaturated/α-hetero) is 1. The maximum absolute atomic E-state index is 13.5. The van der Waals surface area contributed by atoms with Crippen molar-refractivity contribution >= 4 is 5.78 Å². The average Bonchev–Trinajstić information content (AvgIpc) is 3.11. The molecule has 30 heavy (non-hydrogen) atoms. The third-order valence-corrected chi connectivity index (χ3v) is 4.57. The van der Waals surface area contributed by atoms with Gasteiger partial charge in [0, 0.05) is 38.0 Å². The molecule has 10 heteroatoms. The molecule has 2 aromatic heterocycles. The number of hydrogen-bond acceptors (Lipinski definition) is 3. The molecule has 0 unspecified atom stereocenters. The van der Waals surface area contributed by atoms with E-state index in [0.29, 0.717) is 0 Å². The number of nitrogens with zero attached hydrogens (tertiary/aromatic N) is 3. The Bertz CT molecular complexity index is 1040. The Morgan fingerprint density at radius 1 is 0.967 bits per heavy atom. The summed E-state index contributed by atoms with van der Waals surface area (Å²) in [4.78, 5) is 20.4. The van der Waals surface area contributed by atoms with E-state index in [2.05, 4.69) is 9.97 Å². The van der Waals surface area contributed by atoms with Gasteiger partial charge in [0.15, 0.2) is 11.6 Å². The summed E-state index contributed by atoms with van der Waals surface area (Å²) in [6.07, 6.45) is -5.78. The molecule has 0 radical (unpaired) electrons. The maximum Gasteiger partial charge on any atom is 0.418 e. The van der Waals surface area contributed by atoms with Gasteiger partial charge in [-0.15, -0.1) is 0 Å². The van der Waals surface area contributed by atoms with E-state index in [4.69, 9.17) is 0 Å². The van der Waals surface area contributed by atoms with Gasteiger partial charge >= 0.3 is 12.4 Å². The molecule has 0 aliphatic heterocycles. The number of halogens is 6. The smallest absolute Gasteiger partial charge is 0.332 e. The van der Waals surface area contributed by atoms with Crippen molar-refractivity contribution in [3.8, 4) is 0 Å². The molecular weight excluding hydrogens is 412 g/mol. The number of rotatable bonds is 5. The van der Waals surface area contributed by atoms with E-state index in [9.17, 15) is 31.1 Å². The zero-order valence-corrected chi connectivity index (χ0v) is 15.5. The summed E-state index contributed by atoms with van der Waals surface area (Å²) in [6, 6.07) is 5.59. The minimum atomic E-state index is -4.75. The number of carbonyl (C=O) groups is 1. The standard InChI is InChI=1S/C20H15F6N3O/c1-29-10-9-28-18(29)16(30)11-14(12-4-6-13(7-5-12)19(21,22)23)17-15(20(24,25)26)3-2-8-27-17/h2-10,14H,11H2,1H3/t14-/m0/s1. The summed E-state index contributed by atoms with van der Waals surface area (Å²) in [5.41, 5.74) is -2.33. The van der Waals surface area contributed by atoms with Gasteiger partial charge in [0.25, 0.3) is 0 Å². The van der Waals surface area contributed by atoms with Crippen molar-refractivity contribution in [3.05, 3.63) is 83.2 Å². The van der Waals surface area contributed by atoms with Crippen LogP contribution in [0.5, 0.6) is 0 Å². The van der Waals surface area contributed by atoms with E-state index in [-0.39, 0.29) is 11.4 Å². The van der Waals surface area contributed by atoms with E-state index in [1.807, 2.05) is 0 Å². The number of benzene rings is 1. The highest BCUT2D eigenvalue weighted by atomic mass is 19.4. The Morgan fingerprint density at radius 3 is 2.17 bits per heavy atom. The molecule has 0 fully saturated rings. The molecule has 158 valence electrons. The molecule has 1 atom stereocenters. The van der Waals surface area contributed by atoms with Gasteiger partial charge in [0.05, 0.1) is 16.8 Å². The molecule has 4 nitrogen and oxygen atoms in total. The lowest BCUT2D eigenvalue weighted by Gasteiger charge is -2.21. The zero-order valence-electron chi connectivity index (χ0n) is 15.5. The van der Waals surface area contributed by atoms with Crippen LogP contribution in [-0.2, 0) is 19.4 Å². The molecule has 0 bridgehead atoms. The molecule has 0 N–H and O–H groups in total. The fourth-order valence-corrected chi connectivity index (χ4v) is 3.12. The molecule has 2 heterocycles. The van der Waals surface area contributed by atoms with Crippen LogP contribution in [0.4, 0.5) is 26.3 Å². The summed E-state index contributed by atoms with van der Waals surface area (Å²) in [5, 5.41) is 0. The second kappa shape index (κ2) is 7.92. The second-order valence-electron chi connectivity index (χ2n) is 6.60. The van der Waals surface area contributed by atoms with Gasteiger partial charge in [-0.1, -0.05) is 12.1 Å². The maximum atomic E-state index is 13.5. The molecule has 0 aliphatic rings. The van der Waals surface area contributed by atoms with Crippen LogP contribution in [0.2, 0.25) is 0 Å². The van der Waals surface area contributed by atoms with Gasteiger partial charge in [-0.05, 0) is 29.8 Å². The number of imidazole rings is 1. The Labute approximate surface area is 167 Å². The Hall–Kier alpha value is -3.17. The fraction of sp³-hybridized carbons (Fsp3) is 0.250. The summed E-state index contributed by atoms with van der Waals surface area (Å²) in [5.74, 6) is -1.75. The van der Waals surface area contributed by atoms with Crippen LogP contribution in [-0.4, -0.2) is 20.3 Å².